The van der Waals surface area contributed by atoms with E-state index in [-0.39, 0.29) is 17.7 Å². The summed E-state index contributed by atoms with van der Waals surface area (Å²) in [5.74, 6) is -0.378. The molecule has 2 amide bonds. The Bertz CT molecular complexity index is 615. The molecule has 1 aromatic rings. The van der Waals surface area contributed by atoms with Crippen molar-refractivity contribution in [3.63, 3.8) is 0 Å². The van der Waals surface area contributed by atoms with Crippen molar-refractivity contribution in [3.05, 3.63) is 12.3 Å². The molecule has 1 aliphatic carbocycles. The Hall–Kier alpha value is -2.26. The highest BCUT2D eigenvalue weighted by molar-refractivity contribution is 5.96. The monoisotopic (exact) mass is 318 g/mol. The average Bonchev–Trinajstić information content (AvgIpc) is 2.83. The van der Waals surface area contributed by atoms with E-state index in [2.05, 4.69) is 10.4 Å². The van der Waals surface area contributed by atoms with Crippen molar-refractivity contribution < 1.29 is 27.9 Å². The molecule has 22 heavy (non-hydrogen) atoms. The fraction of sp³-hybridized carbons (Fsp3) is 0.583. The van der Waals surface area contributed by atoms with E-state index in [0.29, 0.717) is 11.2 Å². The van der Waals surface area contributed by atoms with Crippen molar-refractivity contribution >= 4 is 17.8 Å². The first-order valence-electron chi connectivity index (χ1n) is 6.65. The van der Waals surface area contributed by atoms with Crippen molar-refractivity contribution in [3.8, 4) is 0 Å². The van der Waals surface area contributed by atoms with E-state index >= 15 is 0 Å². The Kier molecular flexibility index (Phi) is 3.26. The molecule has 3 rings (SSSR count). The second-order valence-electron chi connectivity index (χ2n) is 5.54. The van der Waals surface area contributed by atoms with E-state index in [1.165, 1.54) is 6.07 Å². The van der Waals surface area contributed by atoms with Crippen LogP contribution in [-0.4, -0.2) is 50.6 Å². The van der Waals surface area contributed by atoms with E-state index in [9.17, 15) is 22.8 Å². The Morgan fingerprint density at radius 2 is 2.18 bits per heavy atom. The van der Waals surface area contributed by atoms with Gasteiger partial charge in [0.1, 0.15) is 12.6 Å². The minimum atomic E-state index is -4.40. The molecule has 0 radical (unpaired) electrons. The van der Waals surface area contributed by atoms with Gasteiger partial charge in [-0.15, -0.1) is 0 Å². The third kappa shape index (κ3) is 2.85. The largest absolute Gasteiger partial charge is 0.465 e. The van der Waals surface area contributed by atoms with Crippen molar-refractivity contribution in [1.29, 1.82) is 0 Å². The number of alkyl halides is 3. The number of carbonyl (C=O) groups excluding carboxylic acids is 1. The number of anilines is 1. The van der Waals surface area contributed by atoms with Gasteiger partial charge in [-0.2, -0.15) is 18.3 Å². The van der Waals surface area contributed by atoms with Gasteiger partial charge in [-0.3, -0.25) is 14.4 Å². The van der Waals surface area contributed by atoms with Gasteiger partial charge in [-0.05, 0) is 18.3 Å². The number of piperidine rings is 1. The second kappa shape index (κ2) is 4.89. The number of hydrogen-bond donors (Lipinski definition) is 2. The standard InChI is InChI=1S/C12H13F3N4O3/c13-12(14,15)5-18-2-1-8(17-18)16-10(20)9-7-3-6(7)4-19(9)11(21)22/h1-2,6-7,9H,3-5H2,(H,21,22)(H,16,17,20)/t6-,7-,9+/m1/s1. The molecule has 2 N–H and O–H groups in total. The van der Waals surface area contributed by atoms with Gasteiger partial charge in [0.05, 0.1) is 0 Å². The van der Waals surface area contributed by atoms with Gasteiger partial charge in [0.2, 0.25) is 5.91 Å². The van der Waals surface area contributed by atoms with Gasteiger partial charge in [0, 0.05) is 18.8 Å². The maximum Gasteiger partial charge on any atom is 0.408 e. The van der Waals surface area contributed by atoms with Crippen LogP contribution in [0.3, 0.4) is 0 Å². The molecule has 10 heteroatoms. The van der Waals surface area contributed by atoms with Gasteiger partial charge in [-0.25, -0.2) is 4.79 Å². The van der Waals surface area contributed by atoms with Crippen molar-refractivity contribution in [2.45, 2.75) is 25.2 Å². The normalized spacial score (nSPS) is 26.7. The number of nitrogens with zero attached hydrogens (tertiary/aromatic N) is 3. The summed E-state index contributed by atoms with van der Waals surface area (Å²) in [5.41, 5.74) is 0. The van der Waals surface area contributed by atoms with Gasteiger partial charge < -0.3 is 10.4 Å². The molecule has 7 nitrogen and oxygen atoms in total. The Balaban J connectivity index is 1.65. The fourth-order valence-corrected chi connectivity index (χ4v) is 2.90. The third-order valence-electron chi connectivity index (χ3n) is 3.90. The molecule has 1 aromatic heterocycles. The summed E-state index contributed by atoms with van der Waals surface area (Å²) in [6.07, 6.45) is -3.67. The summed E-state index contributed by atoms with van der Waals surface area (Å²) >= 11 is 0. The molecule has 0 bridgehead atoms. The lowest BCUT2D eigenvalue weighted by atomic mass is 10.2. The van der Waals surface area contributed by atoms with Gasteiger partial charge in [0.25, 0.3) is 0 Å². The maximum absolute atomic E-state index is 12.2. The van der Waals surface area contributed by atoms with Gasteiger partial charge >= 0.3 is 12.3 Å². The Morgan fingerprint density at radius 1 is 1.45 bits per heavy atom. The van der Waals surface area contributed by atoms with Crippen LogP contribution in [0.4, 0.5) is 23.8 Å². The van der Waals surface area contributed by atoms with E-state index < -0.39 is 30.8 Å². The minimum Gasteiger partial charge on any atom is -0.465 e. The molecule has 1 aliphatic heterocycles. The number of fused-ring (bicyclic) bond motifs is 1. The number of amides is 2. The number of nitrogens with one attached hydrogen (secondary N) is 1. The summed E-state index contributed by atoms with van der Waals surface area (Å²) in [4.78, 5) is 24.3. The summed E-state index contributed by atoms with van der Waals surface area (Å²) < 4.78 is 37.4. The van der Waals surface area contributed by atoms with Gasteiger partial charge in [0.15, 0.2) is 5.82 Å². The number of hydrogen-bond acceptors (Lipinski definition) is 3. The molecular weight excluding hydrogens is 305 g/mol. The molecule has 120 valence electrons. The predicted molar refractivity (Wildman–Crippen MR) is 67.0 cm³/mol. The Labute approximate surface area is 122 Å². The highest BCUT2D eigenvalue weighted by atomic mass is 19.4. The quantitative estimate of drug-likeness (QED) is 0.881. The summed E-state index contributed by atoms with van der Waals surface area (Å²) in [6, 6.07) is 0.448. The zero-order valence-corrected chi connectivity index (χ0v) is 11.2. The van der Waals surface area contributed by atoms with Crippen molar-refractivity contribution in [1.82, 2.24) is 14.7 Å². The molecule has 1 saturated heterocycles. The molecule has 0 aromatic carbocycles. The SMILES string of the molecule is O=C(Nc1ccn(CC(F)(F)F)n1)[C@@H]1[C@@H]2C[C@@H]2CN1C(=O)O. The predicted octanol–water partition coefficient (Wildman–Crippen LogP) is 1.38. The molecule has 0 unspecified atom stereocenters. The highest BCUT2D eigenvalue weighted by Gasteiger charge is 2.57. The third-order valence-corrected chi connectivity index (χ3v) is 3.90. The molecule has 2 fully saturated rings. The van der Waals surface area contributed by atoms with E-state index in [1.54, 1.807) is 0 Å². The summed E-state index contributed by atoms with van der Waals surface area (Å²) in [7, 11) is 0. The first kappa shape index (κ1) is 14.7. The fourth-order valence-electron chi connectivity index (χ4n) is 2.90. The van der Waals surface area contributed by atoms with E-state index in [0.717, 1.165) is 17.5 Å². The number of aromatic nitrogens is 2. The molecule has 1 saturated carbocycles. The first-order valence-corrected chi connectivity index (χ1v) is 6.65. The Morgan fingerprint density at radius 3 is 2.82 bits per heavy atom. The van der Waals surface area contributed by atoms with Crippen LogP contribution in [-0.2, 0) is 11.3 Å². The van der Waals surface area contributed by atoms with Crippen LogP contribution in [0, 0.1) is 11.8 Å². The number of likely N-dealkylation sites (tertiary alicyclic amines) is 1. The zero-order valence-electron chi connectivity index (χ0n) is 11.2. The van der Waals surface area contributed by atoms with Crippen LogP contribution in [0.1, 0.15) is 6.42 Å². The van der Waals surface area contributed by atoms with Crippen LogP contribution >= 0.6 is 0 Å². The lowest BCUT2D eigenvalue weighted by molar-refractivity contribution is -0.142. The topological polar surface area (TPSA) is 87.5 Å². The number of halogens is 3. The van der Waals surface area contributed by atoms with Crippen LogP contribution in [0.2, 0.25) is 0 Å². The molecule has 2 aliphatic rings. The number of carboxylic acid groups (broad SMARTS) is 1. The maximum atomic E-state index is 12.2. The van der Waals surface area contributed by atoms with Crippen LogP contribution < -0.4 is 5.32 Å². The molecular formula is C12H13F3N4O3. The minimum absolute atomic E-state index is 0.00615. The summed E-state index contributed by atoms with van der Waals surface area (Å²) in [5, 5.41) is 15.1. The smallest absolute Gasteiger partial charge is 0.408 e. The average molecular weight is 318 g/mol. The zero-order chi connectivity index (χ0) is 16.1. The lowest BCUT2D eigenvalue weighted by Crippen LogP contribution is -2.45. The van der Waals surface area contributed by atoms with E-state index in [4.69, 9.17) is 5.11 Å². The van der Waals surface area contributed by atoms with Crippen LogP contribution in [0.15, 0.2) is 12.3 Å². The number of carbonyl (C=O) groups is 2. The lowest BCUT2D eigenvalue weighted by Gasteiger charge is -2.23. The molecule has 0 spiro atoms. The first-order chi connectivity index (χ1) is 10.2. The van der Waals surface area contributed by atoms with Crippen molar-refractivity contribution in [2.75, 3.05) is 11.9 Å². The van der Waals surface area contributed by atoms with Crippen LogP contribution in [0.25, 0.3) is 0 Å². The summed E-state index contributed by atoms with van der Waals surface area (Å²) in [6.45, 7) is -0.932. The van der Waals surface area contributed by atoms with Crippen LogP contribution in [0.5, 0.6) is 0 Å². The highest BCUT2D eigenvalue weighted by Crippen LogP contribution is 2.49. The number of rotatable bonds is 3. The second-order valence-corrected chi connectivity index (χ2v) is 5.54. The van der Waals surface area contributed by atoms with Crippen molar-refractivity contribution in [2.24, 2.45) is 11.8 Å². The molecule has 3 atom stereocenters. The molecule has 2 heterocycles. The van der Waals surface area contributed by atoms with E-state index in [1.807, 2.05) is 0 Å². The van der Waals surface area contributed by atoms with Gasteiger partial charge in [-0.1, -0.05) is 0 Å².